The number of aromatic nitrogens is 1. The van der Waals surface area contributed by atoms with Crippen molar-refractivity contribution in [3.8, 4) is 0 Å². The lowest BCUT2D eigenvalue weighted by Gasteiger charge is -2.08. The van der Waals surface area contributed by atoms with Crippen molar-refractivity contribution in [1.82, 2.24) is 4.57 Å². The van der Waals surface area contributed by atoms with E-state index in [0.29, 0.717) is 5.52 Å². The van der Waals surface area contributed by atoms with Crippen LogP contribution >= 0.6 is 0 Å². The fourth-order valence-electron chi connectivity index (χ4n) is 2.05. The molecule has 0 spiro atoms. The molecule has 1 atom stereocenters. The Labute approximate surface area is 106 Å². The topological polar surface area (TPSA) is 68.2 Å². The second-order valence-electron chi connectivity index (χ2n) is 4.18. The van der Waals surface area contributed by atoms with E-state index in [-0.39, 0.29) is 11.1 Å². The van der Waals surface area contributed by atoms with E-state index in [4.69, 9.17) is 10.8 Å². The maximum atomic E-state index is 12.9. The van der Waals surface area contributed by atoms with Crippen LogP contribution in [0.25, 0.3) is 10.9 Å². The van der Waals surface area contributed by atoms with Gasteiger partial charge in [0.2, 0.25) is 0 Å². The Morgan fingerprint density at radius 3 is 2.58 bits per heavy atom. The van der Waals surface area contributed by atoms with Crippen LogP contribution in [0.5, 0.6) is 0 Å². The summed E-state index contributed by atoms with van der Waals surface area (Å²) in [7, 11) is 1.49. The summed E-state index contributed by atoms with van der Waals surface area (Å²) in [6.45, 7) is 0. The lowest BCUT2D eigenvalue weighted by atomic mass is 10.1. The van der Waals surface area contributed by atoms with Gasteiger partial charge in [0.15, 0.2) is 0 Å². The largest absolute Gasteiger partial charge is 0.480 e. The van der Waals surface area contributed by atoms with E-state index in [1.165, 1.54) is 29.8 Å². The van der Waals surface area contributed by atoms with Crippen molar-refractivity contribution < 1.29 is 23.1 Å². The van der Waals surface area contributed by atoms with Crippen molar-refractivity contribution >= 4 is 16.9 Å². The first kappa shape index (κ1) is 13.4. The number of carboxylic acids is 1. The maximum absolute atomic E-state index is 12.9. The van der Waals surface area contributed by atoms with Crippen LogP contribution in [0, 0.1) is 0 Å². The fourth-order valence-corrected chi connectivity index (χ4v) is 2.05. The molecule has 0 radical (unpaired) electrons. The summed E-state index contributed by atoms with van der Waals surface area (Å²) in [6.07, 6.45) is -4.49. The molecule has 102 valence electrons. The van der Waals surface area contributed by atoms with Gasteiger partial charge in [-0.25, -0.2) is 0 Å². The Kier molecular flexibility index (Phi) is 3.01. The number of carbonyl (C=O) groups is 1. The highest BCUT2D eigenvalue weighted by atomic mass is 19.4. The molecule has 1 aromatic carbocycles. The van der Waals surface area contributed by atoms with Gasteiger partial charge in [0, 0.05) is 23.6 Å². The molecule has 0 saturated heterocycles. The number of benzene rings is 1. The zero-order valence-electron chi connectivity index (χ0n) is 9.90. The SMILES string of the molecule is Cn1c(C(N)C(=O)O)cc2c(C(F)(F)F)cccc21. The Bertz CT molecular complexity index is 646. The van der Waals surface area contributed by atoms with E-state index in [0.717, 1.165) is 6.07 Å². The van der Waals surface area contributed by atoms with Crippen LogP contribution in [0.4, 0.5) is 13.2 Å². The molecule has 2 rings (SSSR count). The van der Waals surface area contributed by atoms with Crippen LogP contribution < -0.4 is 5.73 Å². The summed E-state index contributed by atoms with van der Waals surface area (Å²) in [5.74, 6) is -1.29. The molecule has 1 heterocycles. The molecule has 0 saturated carbocycles. The fraction of sp³-hybridized carbons (Fsp3) is 0.250. The minimum Gasteiger partial charge on any atom is -0.480 e. The maximum Gasteiger partial charge on any atom is 0.417 e. The van der Waals surface area contributed by atoms with E-state index < -0.39 is 23.8 Å². The van der Waals surface area contributed by atoms with Crippen LogP contribution in [-0.4, -0.2) is 15.6 Å². The van der Waals surface area contributed by atoms with Crippen LogP contribution in [-0.2, 0) is 18.0 Å². The lowest BCUT2D eigenvalue weighted by molar-refractivity contribution is -0.139. The molecular weight excluding hydrogens is 261 g/mol. The Morgan fingerprint density at radius 1 is 1.42 bits per heavy atom. The molecule has 0 aliphatic rings. The van der Waals surface area contributed by atoms with Gasteiger partial charge in [0.25, 0.3) is 0 Å². The second-order valence-corrected chi connectivity index (χ2v) is 4.18. The first-order chi connectivity index (χ1) is 8.73. The molecular formula is C12H11F3N2O2. The summed E-state index contributed by atoms with van der Waals surface area (Å²) in [6, 6.07) is 3.54. The third-order valence-corrected chi connectivity index (χ3v) is 3.01. The number of halogens is 3. The number of hydrogen-bond acceptors (Lipinski definition) is 2. The van der Waals surface area contributed by atoms with E-state index in [9.17, 15) is 18.0 Å². The number of hydrogen-bond donors (Lipinski definition) is 2. The van der Waals surface area contributed by atoms with Crippen molar-refractivity contribution in [3.63, 3.8) is 0 Å². The van der Waals surface area contributed by atoms with Crippen molar-refractivity contribution in [2.75, 3.05) is 0 Å². The summed E-state index contributed by atoms with van der Waals surface area (Å²) in [4.78, 5) is 10.9. The zero-order valence-corrected chi connectivity index (χ0v) is 9.90. The third kappa shape index (κ3) is 2.17. The predicted octanol–water partition coefficient (Wildman–Crippen LogP) is 2.28. The molecule has 0 bridgehead atoms. The van der Waals surface area contributed by atoms with Crippen LogP contribution in [0.2, 0.25) is 0 Å². The zero-order chi connectivity index (χ0) is 14.4. The van der Waals surface area contributed by atoms with Crippen molar-refractivity contribution in [2.24, 2.45) is 12.8 Å². The minimum absolute atomic E-state index is 0.0517. The van der Waals surface area contributed by atoms with Gasteiger partial charge < -0.3 is 15.4 Å². The van der Waals surface area contributed by atoms with Crippen LogP contribution in [0.15, 0.2) is 24.3 Å². The summed E-state index contributed by atoms with van der Waals surface area (Å²) >= 11 is 0. The molecule has 19 heavy (non-hydrogen) atoms. The highest BCUT2D eigenvalue weighted by Crippen LogP contribution is 2.36. The van der Waals surface area contributed by atoms with Gasteiger partial charge in [-0.15, -0.1) is 0 Å². The van der Waals surface area contributed by atoms with Crippen molar-refractivity contribution in [1.29, 1.82) is 0 Å². The summed E-state index contributed by atoms with van der Waals surface area (Å²) < 4.78 is 39.9. The molecule has 0 amide bonds. The first-order valence-electron chi connectivity index (χ1n) is 5.37. The van der Waals surface area contributed by atoms with Gasteiger partial charge in [-0.3, -0.25) is 4.79 Å². The Balaban J connectivity index is 2.73. The van der Waals surface area contributed by atoms with E-state index in [2.05, 4.69) is 0 Å². The van der Waals surface area contributed by atoms with Crippen LogP contribution in [0.1, 0.15) is 17.3 Å². The lowest BCUT2D eigenvalue weighted by Crippen LogP contribution is -2.22. The van der Waals surface area contributed by atoms with E-state index in [1.54, 1.807) is 0 Å². The van der Waals surface area contributed by atoms with Gasteiger partial charge >= 0.3 is 12.1 Å². The molecule has 4 nitrogen and oxygen atoms in total. The molecule has 2 aromatic rings. The Morgan fingerprint density at radius 2 is 2.05 bits per heavy atom. The number of nitrogens with two attached hydrogens (primary N) is 1. The number of alkyl halides is 3. The number of nitrogens with zero attached hydrogens (tertiary/aromatic N) is 1. The third-order valence-electron chi connectivity index (χ3n) is 3.01. The Hall–Kier alpha value is -2.02. The number of aryl methyl sites for hydroxylation is 1. The van der Waals surface area contributed by atoms with Crippen molar-refractivity contribution in [2.45, 2.75) is 12.2 Å². The number of carboxylic acid groups (broad SMARTS) is 1. The smallest absolute Gasteiger partial charge is 0.417 e. The number of rotatable bonds is 2. The second kappa shape index (κ2) is 4.27. The minimum atomic E-state index is -4.49. The summed E-state index contributed by atoms with van der Waals surface area (Å²) in [5, 5.41) is 8.80. The molecule has 1 unspecified atom stereocenters. The monoisotopic (exact) mass is 272 g/mol. The number of fused-ring (bicyclic) bond motifs is 1. The van der Waals surface area contributed by atoms with Gasteiger partial charge in [-0.05, 0) is 18.2 Å². The number of aliphatic carboxylic acids is 1. The average Bonchev–Trinajstić information content (AvgIpc) is 2.64. The molecule has 7 heteroatoms. The van der Waals surface area contributed by atoms with E-state index in [1.807, 2.05) is 0 Å². The van der Waals surface area contributed by atoms with Crippen LogP contribution in [0.3, 0.4) is 0 Å². The average molecular weight is 272 g/mol. The molecule has 0 aliphatic carbocycles. The molecule has 3 N–H and O–H groups in total. The van der Waals surface area contributed by atoms with E-state index >= 15 is 0 Å². The van der Waals surface area contributed by atoms with Gasteiger partial charge in [0.1, 0.15) is 6.04 Å². The van der Waals surface area contributed by atoms with Gasteiger partial charge in [-0.1, -0.05) is 6.07 Å². The first-order valence-corrected chi connectivity index (χ1v) is 5.37. The van der Waals surface area contributed by atoms with Gasteiger partial charge in [0.05, 0.1) is 5.56 Å². The normalized spacial score (nSPS) is 13.7. The predicted molar refractivity (Wildman–Crippen MR) is 62.5 cm³/mol. The quantitative estimate of drug-likeness (QED) is 0.881. The van der Waals surface area contributed by atoms with Crippen molar-refractivity contribution in [3.05, 3.63) is 35.5 Å². The molecule has 0 aliphatic heterocycles. The highest BCUT2D eigenvalue weighted by Gasteiger charge is 2.33. The summed E-state index contributed by atoms with van der Waals surface area (Å²) in [5.41, 5.74) is 5.08. The highest BCUT2D eigenvalue weighted by molar-refractivity contribution is 5.87. The molecule has 0 fully saturated rings. The standard InChI is InChI=1S/C12H11F3N2O2/c1-17-8-4-2-3-7(12(13,14)15)6(8)5-9(17)10(16)11(18)19/h2-5,10H,16H2,1H3,(H,18,19). The van der Waals surface area contributed by atoms with Gasteiger partial charge in [-0.2, -0.15) is 13.2 Å². The molecule has 1 aromatic heterocycles.